The van der Waals surface area contributed by atoms with Gasteiger partial charge in [-0.15, -0.1) is 0 Å². The first kappa shape index (κ1) is 25.9. The number of nitriles is 1. The summed E-state index contributed by atoms with van der Waals surface area (Å²) in [5.41, 5.74) is 0.678. The monoisotopic (exact) mass is 473 g/mol. The summed E-state index contributed by atoms with van der Waals surface area (Å²) in [6, 6.07) is 6.90. The Bertz CT molecular complexity index is 916. The molecule has 1 aromatic rings. The average Bonchev–Trinajstić information content (AvgIpc) is 2.85. The van der Waals surface area contributed by atoms with E-state index in [0.717, 1.165) is 12.8 Å². The molecule has 1 saturated heterocycles. The van der Waals surface area contributed by atoms with E-state index in [0.29, 0.717) is 36.4 Å². The zero-order chi connectivity index (χ0) is 24.8. The lowest BCUT2D eigenvalue weighted by atomic mass is 9.97. The number of hydrogen-bond acceptors (Lipinski definition) is 7. The molecular formula is C25H35N3O6. The fourth-order valence-electron chi connectivity index (χ4n) is 4.64. The van der Waals surface area contributed by atoms with Gasteiger partial charge in [-0.05, 0) is 31.0 Å². The van der Waals surface area contributed by atoms with Gasteiger partial charge in [0.05, 0.1) is 48.0 Å². The molecule has 0 aliphatic carbocycles. The number of hydrogen-bond donors (Lipinski definition) is 0. The van der Waals surface area contributed by atoms with Crippen LogP contribution in [0.15, 0.2) is 18.2 Å². The Morgan fingerprint density at radius 1 is 1.03 bits per heavy atom. The molecule has 2 aliphatic heterocycles. The molecule has 9 heteroatoms. The van der Waals surface area contributed by atoms with Gasteiger partial charge in [0.25, 0.3) is 5.91 Å². The summed E-state index contributed by atoms with van der Waals surface area (Å²) in [7, 11) is 6.61. The Morgan fingerprint density at radius 3 is 2.44 bits per heavy atom. The van der Waals surface area contributed by atoms with Crippen molar-refractivity contribution in [3.63, 3.8) is 0 Å². The predicted molar refractivity (Wildman–Crippen MR) is 125 cm³/mol. The molecule has 0 aromatic heterocycles. The van der Waals surface area contributed by atoms with Gasteiger partial charge in [0.15, 0.2) is 0 Å². The number of nitrogens with zero attached hydrogens (tertiary/aromatic N) is 3. The molecule has 0 unspecified atom stereocenters. The second kappa shape index (κ2) is 11.6. The maximum absolute atomic E-state index is 13.3. The first-order chi connectivity index (χ1) is 16.3. The topological polar surface area (TPSA) is 101 Å². The number of likely N-dealkylation sites (N-methyl/N-ethyl adjacent to an activating group) is 2. The molecule has 0 N–H and O–H groups in total. The number of carbonyl (C=O) groups is 2. The van der Waals surface area contributed by atoms with E-state index in [2.05, 4.69) is 6.07 Å². The molecular weight excluding hydrogens is 438 g/mol. The van der Waals surface area contributed by atoms with E-state index in [1.165, 1.54) is 18.1 Å². The van der Waals surface area contributed by atoms with E-state index in [9.17, 15) is 14.9 Å². The van der Waals surface area contributed by atoms with Gasteiger partial charge in [-0.25, -0.2) is 0 Å². The molecule has 2 bridgehead atoms. The number of rotatable bonds is 2. The summed E-state index contributed by atoms with van der Waals surface area (Å²) >= 11 is 0. The van der Waals surface area contributed by atoms with Gasteiger partial charge in [-0.1, -0.05) is 6.92 Å². The number of fused-ring (bicyclic) bond motifs is 3. The van der Waals surface area contributed by atoms with E-state index in [-0.39, 0.29) is 36.7 Å². The van der Waals surface area contributed by atoms with Crippen molar-refractivity contribution in [1.82, 2.24) is 9.80 Å². The number of carbonyl (C=O) groups excluding carboxylic acids is 2. The molecule has 9 nitrogen and oxygen atoms in total. The molecule has 2 aliphatic rings. The van der Waals surface area contributed by atoms with Crippen LogP contribution in [-0.2, 0) is 19.0 Å². The minimum atomic E-state index is -0.515. The van der Waals surface area contributed by atoms with Crippen LogP contribution in [0.4, 0.5) is 0 Å². The van der Waals surface area contributed by atoms with Crippen LogP contribution >= 0.6 is 0 Å². The highest BCUT2D eigenvalue weighted by atomic mass is 16.5. The quantitative estimate of drug-likeness (QED) is 0.648. The number of amides is 2. The lowest BCUT2D eigenvalue weighted by Crippen LogP contribution is -2.50. The van der Waals surface area contributed by atoms with E-state index < -0.39 is 12.0 Å². The van der Waals surface area contributed by atoms with Crippen molar-refractivity contribution in [2.75, 3.05) is 48.0 Å². The Kier molecular flexibility index (Phi) is 8.89. The molecule has 1 aromatic carbocycles. The summed E-state index contributed by atoms with van der Waals surface area (Å²) < 4.78 is 23.6. The van der Waals surface area contributed by atoms with Crippen molar-refractivity contribution in [1.29, 1.82) is 5.26 Å². The van der Waals surface area contributed by atoms with E-state index >= 15 is 0 Å². The maximum atomic E-state index is 13.3. The molecule has 2 heterocycles. The molecule has 0 spiro atoms. The molecule has 1 fully saturated rings. The highest BCUT2D eigenvalue weighted by Gasteiger charge is 2.35. The Morgan fingerprint density at radius 2 is 1.76 bits per heavy atom. The van der Waals surface area contributed by atoms with Crippen molar-refractivity contribution in [2.24, 2.45) is 5.92 Å². The van der Waals surface area contributed by atoms with Gasteiger partial charge >= 0.3 is 0 Å². The van der Waals surface area contributed by atoms with Crippen LogP contribution in [0.2, 0.25) is 0 Å². The minimum absolute atomic E-state index is 0.0443. The smallest absolute Gasteiger partial charge is 0.257 e. The lowest BCUT2D eigenvalue weighted by molar-refractivity contribution is -0.154. The average molecular weight is 474 g/mol. The maximum Gasteiger partial charge on any atom is 0.257 e. The van der Waals surface area contributed by atoms with Gasteiger partial charge in [0.1, 0.15) is 11.9 Å². The van der Waals surface area contributed by atoms with Crippen molar-refractivity contribution < 1.29 is 28.5 Å². The number of ether oxygens (including phenoxy) is 4. The Hall–Kier alpha value is -2.67. The molecule has 186 valence electrons. The highest BCUT2D eigenvalue weighted by molar-refractivity contribution is 5.97. The zero-order valence-corrected chi connectivity index (χ0v) is 20.7. The highest BCUT2D eigenvalue weighted by Crippen LogP contribution is 2.27. The summed E-state index contributed by atoms with van der Waals surface area (Å²) in [6.07, 6.45) is 1.39. The lowest BCUT2D eigenvalue weighted by Gasteiger charge is -2.38. The summed E-state index contributed by atoms with van der Waals surface area (Å²) in [5, 5.41) is 9.33. The number of benzene rings is 1. The Labute approximate surface area is 201 Å². The van der Waals surface area contributed by atoms with Gasteiger partial charge < -0.3 is 28.7 Å². The summed E-state index contributed by atoms with van der Waals surface area (Å²) in [4.78, 5) is 29.7. The predicted octanol–water partition coefficient (Wildman–Crippen LogP) is 2.08. The molecule has 2 amide bonds. The summed E-state index contributed by atoms with van der Waals surface area (Å²) in [6.45, 7) is 2.77. The normalized spacial score (nSPS) is 29.2. The molecule has 0 radical (unpaired) electrons. The standard InChI is InChI=1S/C25H35N3O6/c1-16-22(32-5)14-28(3)25(30)19-12-17(13-26)6-8-20(19)33-11-10-18-7-9-21(31-4)23(34-18)15-27(2)24(16)29/h6,8,12,16,18,21-23H,7,9-11,14-15H2,1-5H3/t16-,18-,21+,22+,23+/m0/s1. The molecule has 5 atom stereocenters. The van der Waals surface area contributed by atoms with Gasteiger partial charge in [-0.3, -0.25) is 9.59 Å². The van der Waals surface area contributed by atoms with E-state index in [1.54, 1.807) is 45.2 Å². The van der Waals surface area contributed by atoms with Crippen LogP contribution < -0.4 is 4.74 Å². The third kappa shape index (κ3) is 5.87. The zero-order valence-electron chi connectivity index (χ0n) is 20.7. The van der Waals surface area contributed by atoms with Crippen molar-refractivity contribution in [2.45, 2.75) is 50.6 Å². The van der Waals surface area contributed by atoms with E-state index in [4.69, 9.17) is 18.9 Å². The fraction of sp³-hybridized carbons (Fsp3) is 0.640. The van der Waals surface area contributed by atoms with Crippen molar-refractivity contribution >= 4 is 11.8 Å². The third-order valence-corrected chi connectivity index (χ3v) is 6.77. The number of methoxy groups -OCH3 is 2. The van der Waals surface area contributed by atoms with Crippen LogP contribution in [0.25, 0.3) is 0 Å². The van der Waals surface area contributed by atoms with Gasteiger partial charge in [0, 0.05) is 47.8 Å². The van der Waals surface area contributed by atoms with Crippen LogP contribution in [0.5, 0.6) is 5.75 Å². The Balaban J connectivity index is 1.93. The van der Waals surface area contributed by atoms with Crippen molar-refractivity contribution in [3.05, 3.63) is 29.3 Å². The van der Waals surface area contributed by atoms with Gasteiger partial charge in [0.2, 0.25) is 5.91 Å². The van der Waals surface area contributed by atoms with Crippen LogP contribution in [-0.4, -0.2) is 94.0 Å². The van der Waals surface area contributed by atoms with E-state index in [1.807, 2.05) is 0 Å². The first-order valence-electron chi connectivity index (χ1n) is 11.7. The molecule has 3 rings (SSSR count). The van der Waals surface area contributed by atoms with Crippen LogP contribution in [0, 0.1) is 17.2 Å². The fourth-order valence-corrected chi connectivity index (χ4v) is 4.64. The molecule has 34 heavy (non-hydrogen) atoms. The molecule has 0 saturated carbocycles. The SMILES string of the molecule is CO[C@@H]1CN(C)C(=O)c2cc(C#N)ccc2OCC[C@@H]2CC[C@@H](OC)[C@@H](CN(C)C(=O)[C@H]1C)O2. The second-order valence-electron chi connectivity index (χ2n) is 9.08. The van der Waals surface area contributed by atoms with Crippen LogP contribution in [0.3, 0.4) is 0 Å². The van der Waals surface area contributed by atoms with Crippen molar-refractivity contribution in [3.8, 4) is 11.8 Å². The third-order valence-electron chi connectivity index (χ3n) is 6.77. The summed E-state index contributed by atoms with van der Waals surface area (Å²) in [5.74, 6) is -0.454. The van der Waals surface area contributed by atoms with Crippen LogP contribution in [0.1, 0.15) is 42.1 Å². The van der Waals surface area contributed by atoms with Gasteiger partial charge in [-0.2, -0.15) is 5.26 Å². The largest absolute Gasteiger partial charge is 0.493 e. The first-order valence-corrected chi connectivity index (χ1v) is 11.7. The minimum Gasteiger partial charge on any atom is -0.493 e. The second-order valence-corrected chi connectivity index (χ2v) is 9.08.